The largest absolute Gasteiger partial charge is 0.393 e. The van der Waals surface area contributed by atoms with Gasteiger partial charge in [-0.25, -0.2) is 0 Å². The number of aliphatic hydroxyl groups excluding tert-OH is 1. The fourth-order valence-electron chi connectivity index (χ4n) is 2.65. The maximum absolute atomic E-state index is 9.46. The summed E-state index contributed by atoms with van der Waals surface area (Å²) in [6.45, 7) is 9.21. The van der Waals surface area contributed by atoms with Gasteiger partial charge in [0.2, 0.25) is 0 Å². The molecule has 0 amide bonds. The Balaban J connectivity index is 2.57. The highest BCUT2D eigenvalue weighted by Crippen LogP contribution is 2.41. The summed E-state index contributed by atoms with van der Waals surface area (Å²) >= 11 is 0. The molecular weight excluding hydrogens is 148 g/mol. The van der Waals surface area contributed by atoms with Crippen LogP contribution in [0.15, 0.2) is 0 Å². The van der Waals surface area contributed by atoms with Crippen LogP contribution >= 0.6 is 0 Å². The Morgan fingerprint density at radius 3 is 2.17 bits per heavy atom. The van der Waals surface area contributed by atoms with E-state index in [-0.39, 0.29) is 6.10 Å². The fraction of sp³-hybridized carbons (Fsp3) is 1.00. The first kappa shape index (κ1) is 10.0. The van der Waals surface area contributed by atoms with Gasteiger partial charge in [0.05, 0.1) is 6.10 Å². The van der Waals surface area contributed by atoms with Crippen LogP contribution in [0, 0.1) is 17.3 Å². The molecule has 0 aromatic carbocycles. The van der Waals surface area contributed by atoms with Gasteiger partial charge in [-0.3, -0.25) is 0 Å². The van der Waals surface area contributed by atoms with E-state index in [0.29, 0.717) is 11.3 Å². The van der Waals surface area contributed by atoms with Crippen LogP contribution in [0.25, 0.3) is 0 Å². The van der Waals surface area contributed by atoms with E-state index in [1.54, 1.807) is 0 Å². The predicted molar refractivity (Wildman–Crippen MR) is 52.0 cm³/mol. The molecule has 1 aliphatic carbocycles. The van der Waals surface area contributed by atoms with Crippen molar-refractivity contribution in [1.82, 2.24) is 0 Å². The topological polar surface area (TPSA) is 20.2 Å². The SMILES string of the molecule is CC1C[C@@H](O)CC[C@@H]1C(C)(C)C. The molecule has 1 saturated carbocycles. The standard InChI is InChI=1S/C11H22O/c1-8-7-9(12)5-6-10(8)11(2,3)4/h8-10,12H,5-7H2,1-4H3/t8?,9-,10-/m0/s1. The van der Waals surface area contributed by atoms with Gasteiger partial charge < -0.3 is 5.11 Å². The summed E-state index contributed by atoms with van der Waals surface area (Å²) in [6, 6.07) is 0. The summed E-state index contributed by atoms with van der Waals surface area (Å²) in [5.74, 6) is 1.48. The van der Waals surface area contributed by atoms with Crippen LogP contribution in [0.4, 0.5) is 0 Å². The molecule has 1 aliphatic rings. The first-order valence-electron chi connectivity index (χ1n) is 5.09. The fourth-order valence-corrected chi connectivity index (χ4v) is 2.65. The summed E-state index contributed by atoms with van der Waals surface area (Å²) in [4.78, 5) is 0. The van der Waals surface area contributed by atoms with Gasteiger partial charge in [0.15, 0.2) is 0 Å². The molecule has 1 fully saturated rings. The molecule has 0 bridgehead atoms. The lowest BCUT2D eigenvalue weighted by atomic mass is 9.66. The summed E-state index contributed by atoms with van der Waals surface area (Å²) in [6.07, 6.45) is 3.18. The minimum Gasteiger partial charge on any atom is -0.393 e. The molecular formula is C11H22O. The maximum atomic E-state index is 9.46. The first-order chi connectivity index (χ1) is 5.41. The average Bonchev–Trinajstić information content (AvgIpc) is 1.83. The van der Waals surface area contributed by atoms with E-state index < -0.39 is 0 Å². The molecule has 0 saturated heterocycles. The average molecular weight is 170 g/mol. The van der Waals surface area contributed by atoms with E-state index in [0.717, 1.165) is 18.8 Å². The second-order valence-corrected chi connectivity index (χ2v) is 5.42. The van der Waals surface area contributed by atoms with Gasteiger partial charge in [0.1, 0.15) is 0 Å². The predicted octanol–water partition coefficient (Wildman–Crippen LogP) is 2.83. The maximum Gasteiger partial charge on any atom is 0.0543 e. The van der Waals surface area contributed by atoms with E-state index >= 15 is 0 Å². The van der Waals surface area contributed by atoms with Crippen LogP contribution < -0.4 is 0 Å². The van der Waals surface area contributed by atoms with Crippen molar-refractivity contribution in [3.05, 3.63) is 0 Å². The van der Waals surface area contributed by atoms with E-state index in [1.807, 2.05) is 0 Å². The van der Waals surface area contributed by atoms with E-state index in [1.165, 1.54) is 6.42 Å². The van der Waals surface area contributed by atoms with E-state index in [4.69, 9.17) is 0 Å². The normalized spacial score (nSPS) is 38.2. The van der Waals surface area contributed by atoms with Gasteiger partial charge in [0, 0.05) is 0 Å². The van der Waals surface area contributed by atoms with Crippen molar-refractivity contribution in [2.24, 2.45) is 17.3 Å². The lowest BCUT2D eigenvalue weighted by molar-refractivity contribution is 0.0322. The lowest BCUT2D eigenvalue weighted by Crippen LogP contribution is -2.34. The third-order valence-corrected chi connectivity index (χ3v) is 3.25. The molecule has 1 heteroatoms. The van der Waals surface area contributed by atoms with Gasteiger partial charge in [-0.15, -0.1) is 0 Å². The van der Waals surface area contributed by atoms with Crippen LogP contribution in [-0.2, 0) is 0 Å². The van der Waals surface area contributed by atoms with Crippen LogP contribution in [0.5, 0.6) is 0 Å². The smallest absolute Gasteiger partial charge is 0.0543 e. The first-order valence-corrected chi connectivity index (χ1v) is 5.09. The van der Waals surface area contributed by atoms with Crippen molar-refractivity contribution in [3.63, 3.8) is 0 Å². The number of hydrogen-bond donors (Lipinski definition) is 1. The Morgan fingerprint density at radius 2 is 1.75 bits per heavy atom. The van der Waals surface area contributed by atoms with Crippen molar-refractivity contribution in [2.45, 2.75) is 53.1 Å². The molecule has 0 spiro atoms. The Morgan fingerprint density at radius 1 is 1.17 bits per heavy atom. The molecule has 12 heavy (non-hydrogen) atoms. The highest BCUT2D eigenvalue weighted by atomic mass is 16.3. The highest BCUT2D eigenvalue weighted by molar-refractivity contribution is 4.84. The van der Waals surface area contributed by atoms with E-state index in [9.17, 15) is 5.11 Å². The van der Waals surface area contributed by atoms with Gasteiger partial charge in [-0.05, 0) is 36.5 Å². The second kappa shape index (κ2) is 3.37. The molecule has 1 rings (SSSR count). The van der Waals surface area contributed by atoms with Crippen molar-refractivity contribution < 1.29 is 5.11 Å². The molecule has 0 aromatic rings. The van der Waals surface area contributed by atoms with Crippen LogP contribution in [-0.4, -0.2) is 11.2 Å². The molecule has 72 valence electrons. The van der Waals surface area contributed by atoms with Gasteiger partial charge in [-0.1, -0.05) is 27.7 Å². The van der Waals surface area contributed by atoms with Gasteiger partial charge in [-0.2, -0.15) is 0 Å². The summed E-state index contributed by atoms with van der Waals surface area (Å²) in [5.41, 5.74) is 0.416. The van der Waals surface area contributed by atoms with Gasteiger partial charge >= 0.3 is 0 Å². The minimum absolute atomic E-state index is 0.0291. The zero-order valence-electron chi connectivity index (χ0n) is 8.80. The molecule has 1 unspecified atom stereocenters. The second-order valence-electron chi connectivity index (χ2n) is 5.42. The van der Waals surface area contributed by atoms with E-state index in [2.05, 4.69) is 27.7 Å². The quantitative estimate of drug-likeness (QED) is 0.592. The summed E-state index contributed by atoms with van der Waals surface area (Å²) < 4.78 is 0. The molecule has 0 aliphatic heterocycles. The third-order valence-electron chi connectivity index (χ3n) is 3.25. The minimum atomic E-state index is -0.0291. The zero-order valence-corrected chi connectivity index (χ0v) is 8.80. The van der Waals surface area contributed by atoms with Crippen molar-refractivity contribution in [2.75, 3.05) is 0 Å². The molecule has 1 nitrogen and oxygen atoms in total. The lowest BCUT2D eigenvalue weighted by Gasteiger charge is -2.40. The Bertz CT molecular complexity index is 146. The molecule has 0 radical (unpaired) electrons. The summed E-state index contributed by atoms with van der Waals surface area (Å²) in [5, 5.41) is 9.46. The van der Waals surface area contributed by atoms with Crippen molar-refractivity contribution in [3.8, 4) is 0 Å². The van der Waals surface area contributed by atoms with Crippen LogP contribution in [0.2, 0.25) is 0 Å². The van der Waals surface area contributed by atoms with Crippen LogP contribution in [0.3, 0.4) is 0 Å². The molecule has 0 aromatic heterocycles. The molecule has 0 heterocycles. The van der Waals surface area contributed by atoms with Gasteiger partial charge in [0.25, 0.3) is 0 Å². The van der Waals surface area contributed by atoms with Crippen LogP contribution in [0.1, 0.15) is 47.0 Å². The summed E-state index contributed by atoms with van der Waals surface area (Å²) in [7, 11) is 0. The molecule has 1 N–H and O–H groups in total. The zero-order chi connectivity index (χ0) is 9.35. The Kier molecular flexibility index (Phi) is 2.82. The monoisotopic (exact) mass is 170 g/mol. The Labute approximate surface area is 76.2 Å². The number of hydrogen-bond acceptors (Lipinski definition) is 1. The molecule has 3 atom stereocenters. The third kappa shape index (κ3) is 2.22. The highest BCUT2D eigenvalue weighted by Gasteiger charge is 2.34. The Hall–Kier alpha value is -0.0400. The van der Waals surface area contributed by atoms with Crippen molar-refractivity contribution >= 4 is 0 Å². The number of aliphatic hydroxyl groups is 1. The number of rotatable bonds is 0. The van der Waals surface area contributed by atoms with Crippen molar-refractivity contribution in [1.29, 1.82) is 0 Å².